The molecule has 3 rings (SSSR count). The molecular formula is C15H14N2S. The summed E-state index contributed by atoms with van der Waals surface area (Å²) in [6.07, 6.45) is 0. The highest BCUT2D eigenvalue weighted by atomic mass is 32.1. The van der Waals surface area contributed by atoms with Crippen molar-refractivity contribution in [1.82, 2.24) is 4.98 Å². The van der Waals surface area contributed by atoms with E-state index in [4.69, 9.17) is 10.7 Å². The van der Waals surface area contributed by atoms with Crippen LogP contribution in [-0.4, -0.2) is 4.98 Å². The van der Waals surface area contributed by atoms with Crippen molar-refractivity contribution in [2.75, 3.05) is 5.73 Å². The Morgan fingerprint density at radius 2 is 1.89 bits per heavy atom. The fraction of sp³-hybridized carbons (Fsp3) is 0.133. The van der Waals surface area contributed by atoms with Gasteiger partial charge in [0.05, 0.1) is 10.2 Å². The van der Waals surface area contributed by atoms with Crippen LogP contribution in [0.5, 0.6) is 0 Å². The number of hydrogen-bond acceptors (Lipinski definition) is 3. The van der Waals surface area contributed by atoms with E-state index in [1.165, 1.54) is 21.4 Å². The number of benzene rings is 2. The molecule has 0 unspecified atom stereocenters. The molecule has 0 aliphatic heterocycles. The van der Waals surface area contributed by atoms with Gasteiger partial charge in [0.25, 0.3) is 0 Å². The highest BCUT2D eigenvalue weighted by molar-refractivity contribution is 7.21. The van der Waals surface area contributed by atoms with E-state index in [2.05, 4.69) is 38.1 Å². The lowest BCUT2D eigenvalue weighted by Gasteiger charge is -2.02. The molecule has 3 heteroatoms. The van der Waals surface area contributed by atoms with E-state index in [9.17, 15) is 0 Å². The summed E-state index contributed by atoms with van der Waals surface area (Å²) in [5, 5.41) is 1.07. The molecular weight excluding hydrogens is 240 g/mol. The highest BCUT2D eigenvalue weighted by Gasteiger charge is 2.09. The predicted octanol–water partition coefficient (Wildman–Crippen LogP) is 4.16. The first-order valence-corrected chi connectivity index (χ1v) is 6.69. The monoisotopic (exact) mass is 254 g/mol. The second kappa shape index (κ2) is 4.10. The molecule has 0 saturated heterocycles. The molecule has 0 bridgehead atoms. The molecule has 2 nitrogen and oxygen atoms in total. The van der Waals surface area contributed by atoms with Crippen LogP contribution in [0.3, 0.4) is 0 Å². The zero-order valence-electron chi connectivity index (χ0n) is 10.4. The summed E-state index contributed by atoms with van der Waals surface area (Å²) in [5.41, 5.74) is 11.3. The summed E-state index contributed by atoms with van der Waals surface area (Å²) < 4.78 is 1.27. The van der Waals surface area contributed by atoms with E-state index in [0.717, 1.165) is 16.2 Å². The van der Waals surface area contributed by atoms with Crippen molar-refractivity contribution >= 4 is 27.2 Å². The average Bonchev–Trinajstić information content (AvgIpc) is 2.74. The second-order valence-electron chi connectivity index (χ2n) is 4.52. The van der Waals surface area contributed by atoms with E-state index in [-0.39, 0.29) is 0 Å². The van der Waals surface area contributed by atoms with Crippen LogP contribution in [0.15, 0.2) is 36.4 Å². The van der Waals surface area contributed by atoms with E-state index < -0.39 is 0 Å². The van der Waals surface area contributed by atoms with Crippen molar-refractivity contribution in [3.63, 3.8) is 0 Å². The summed E-state index contributed by atoms with van der Waals surface area (Å²) in [6.45, 7) is 4.20. The van der Waals surface area contributed by atoms with Gasteiger partial charge in [-0.2, -0.15) is 0 Å². The molecule has 1 heterocycles. The third-order valence-electron chi connectivity index (χ3n) is 3.09. The summed E-state index contributed by atoms with van der Waals surface area (Å²) in [7, 11) is 0. The van der Waals surface area contributed by atoms with Crippen molar-refractivity contribution in [1.29, 1.82) is 0 Å². The number of anilines is 1. The Balaban J connectivity index is 2.23. The number of aryl methyl sites for hydroxylation is 2. The van der Waals surface area contributed by atoms with Crippen molar-refractivity contribution in [2.24, 2.45) is 0 Å². The standard InChI is InChI=1S/C15H14N2S/c1-9-4-3-5-13-14(9)18-15(17-13)12-7-6-11(16)8-10(12)2/h3-8H,16H2,1-2H3. The fourth-order valence-electron chi connectivity index (χ4n) is 2.13. The number of thiazole rings is 1. The third kappa shape index (κ3) is 1.77. The molecule has 90 valence electrons. The van der Waals surface area contributed by atoms with Gasteiger partial charge in [0.2, 0.25) is 0 Å². The van der Waals surface area contributed by atoms with Crippen LogP contribution in [0.4, 0.5) is 5.69 Å². The van der Waals surface area contributed by atoms with Crippen LogP contribution in [0.25, 0.3) is 20.8 Å². The number of hydrogen-bond donors (Lipinski definition) is 1. The summed E-state index contributed by atoms with van der Waals surface area (Å²) >= 11 is 1.75. The number of nitrogens with two attached hydrogens (primary N) is 1. The van der Waals surface area contributed by atoms with Gasteiger partial charge >= 0.3 is 0 Å². The molecule has 0 fully saturated rings. The quantitative estimate of drug-likeness (QED) is 0.662. The Morgan fingerprint density at radius 3 is 2.61 bits per heavy atom. The zero-order chi connectivity index (χ0) is 12.7. The lowest BCUT2D eigenvalue weighted by atomic mass is 10.1. The van der Waals surface area contributed by atoms with Gasteiger partial charge in [0.15, 0.2) is 0 Å². The van der Waals surface area contributed by atoms with E-state index in [0.29, 0.717) is 0 Å². The molecule has 18 heavy (non-hydrogen) atoms. The molecule has 0 aliphatic carbocycles. The number of aromatic nitrogens is 1. The first-order chi connectivity index (χ1) is 8.65. The van der Waals surface area contributed by atoms with Gasteiger partial charge in [-0.3, -0.25) is 0 Å². The fourth-order valence-corrected chi connectivity index (χ4v) is 3.25. The summed E-state index contributed by atoms with van der Waals surface area (Å²) in [4.78, 5) is 4.71. The molecule has 3 aromatic rings. The molecule has 2 aromatic carbocycles. The van der Waals surface area contributed by atoms with Gasteiger partial charge in [-0.15, -0.1) is 11.3 Å². The predicted molar refractivity (Wildman–Crippen MR) is 78.9 cm³/mol. The first kappa shape index (κ1) is 11.2. The molecule has 0 spiro atoms. The van der Waals surface area contributed by atoms with Crippen LogP contribution in [-0.2, 0) is 0 Å². The molecule has 1 aromatic heterocycles. The maximum Gasteiger partial charge on any atom is 0.124 e. The van der Waals surface area contributed by atoms with Gasteiger partial charge in [0.1, 0.15) is 5.01 Å². The van der Waals surface area contributed by atoms with Crippen molar-refractivity contribution in [2.45, 2.75) is 13.8 Å². The maximum absolute atomic E-state index is 5.79. The minimum atomic E-state index is 0.800. The van der Waals surface area contributed by atoms with E-state index >= 15 is 0 Å². The average molecular weight is 254 g/mol. The van der Waals surface area contributed by atoms with Gasteiger partial charge < -0.3 is 5.73 Å². The first-order valence-electron chi connectivity index (χ1n) is 5.88. The molecule has 0 atom stereocenters. The number of nitrogens with zero attached hydrogens (tertiary/aromatic N) is 1. The van der Waals surface area contributed by atoms with Gasteiger partial charge in [-0.05, 0) is 49.2 Å². The molecule has 0 radical (unpaired) electrons. The topological polar surface area (TPSA) is 38.9 Å². The Kier molecular flexibility index (Phi) is 2.56. The van der Waals surface area contributed by atoms with E-state index in [1.807, 2.05) is 12.1 Å². The van der Waals surface area contributed by atoms with Crippen molar-refractivity contribution in [3.8, 4) is 10.6 Å². The highest BCUT2D eigenvalue weighted by Crippen LogP contribution is 2.34. The van der Waals surface area contributed by atoms with Crippen LogP contribution in [0.1, 0.15) is 11.1 Å². The number of nitrogen functional groups attached to an aromatic ring is 1. The zero-order valence-corrected chi connectivity index (χ0v) is 11.2. The number of fused-ring (bicyclic) bond motifs is 1. The van der Waals surface area contributed by atoms with Crippen molar-refractivity contribution in [3.05, 3.63) is 47.5 Å². The minimum absolute atomic E-state index is 0.800. The summed E-state index contributed by atoms with van der Waals surface area (Å²) in [5.74, 6) is 0. The van der Waals surface area contributed by atoms with Crippen LogP contribution >= 0.6 is 11.3 Å². The smallest absolute Gasteiger partial charge is 0.124 e. The second-order valence-corrected chi connectivity index (χ2v) is 5.52. The molecule has 0 aliphatic rings. The normalized spacial score (nSPS) is 11.0. The van der Waals surface area contributed by atoms with Crippen LogP contribution in [0.2, 0.25) is 0 Å². The van der Waals surface area contributed by atoms with Crippen LogP contribution in [0, 0.1) is 13.8 Å². The van der Waals surface area contributed by atoms with Gasteiger partial charge in [-0.25, -0.2) is 4.98 Å². The Labute approximate surface area is 110 Å². The van der Waals surface area contributed by atoms with Gasteiger partial charge in [0, 0.05) is 11.3 Å². The Morgan fingerprint density at radius 1 is 1.06 bits per heavy atom. The largest absolute Gasteiger partial charge is 0.399 e. The molecule has 0 saturated carbocycles. The molecule has 2 N–H and O–H groups in total. The summed E-state index contributed by atoms with van der Waals surface area (Å²) in [6, 6.07) is 12.2. The Hall–Kier alpha value is -1.87. The van der Waals surface area contributed by atoms with Crippen molar-refractivity contribution < 1.29 is 0 Å². The Bertz CT molecular complexity index is 728. The SMILES string of the molecule is Cc1cc(N)ccc1-c1nc2cccc(C)c2s1. The van der Waals surface area contributed by atoms with E-state index in [1.54, 1.807) is 11.3 Å². The van der Waals surface area contributed by atoms with Gasteiger partial charge in [-0.1, -0.05) is 12.1 Å². The lowest BCUT2D eigenvalue weighted by molar-refractivity contribution is 1.41. The number of rotatable bonds is 1. The maximum atomic E-state index is 5.79. The minimum Gasteiger partial charge on any atom is -0.399 e. The third-order valence-corrected chi connectivity index (χ3v) is 4.33. The van der Waals surface area contributed by atoms with Crippen LogP contribution < -0.4 is 5.73 Å². The lowest BCUT2D eigenvalue weighted by Crippen LogP contribution is -1.87. The molecule has 0 amide bonds.